The quantitative estimate of drug-likeness (QED) is 0.640. The van der Waals surface area contributed by atoms with Gasteiger partial charge in [-0.15, -0.1) is 0 Å². The van der Waals surface area contributed by atoms with E-state index in [1.165, 1.54) is 30.7 Å². The molecule has 0 bridgehead atoms. The van der Waals surface area contributed by atoms with E-state index in [0.717, 1.165) is 10.0 Å². The molecule has 0 heterocycles. The van der Waals surface area contributed by atoms with E-state index in [0.29, 0.717) is 0 Å². The van der Waals surface area contributed by atoms with E-state index in [4.69, 9.17) is 23.2 Å². The van der Waals surface area contributed by atoms with Gasteiger partial charge in [0.05, 0.1) is 0 Å². The molecule has 0 N–H and O–H groups in total. The first-order valence-electron chi connectivity index (χ1n) is 4.07. The molecule has 0 aromatic heterocycles. The van der Waals surface area contributed by atoms with Crippen molar-refractivity contribution in [3.63, 3.8) is 0 Å². The lowest BCUT2D eigenvalue weighted by molar-refractivity contribution is 0.577. The van der Waals surface area contributed by atoms with Crippen LogP contribution in [-0.4, -0.2) is 0 Å². The summed E-state index contributed by atoms with van der Waals surface area (Å²) in [5.74, 6) is 1.49. The summed E-state index contributed by atoms with van der Waals surface area (Å²) in [6, 6.07) is 5.75. The molecule has 2 heteroatoms. The monoisotopic (exact) mass is 199 g/mol. The molecule has 1 fully saturated rings. The Morgan fingerprint density at radius 3 is 1.92 bits per heavy atom. The SMILES string of the molecule is Clc1cc(Cl)cc([C]2CCC2)c1. The fourth-order valence-electron chi connectivity index (χ4n) is 1.40. The van der Waals surface area contributed by atoms with Crippen LogP contribution in [0.5, 0.6) is 0 Å². The van der Waals surface area contributed by atoms with Gasteiger partial charge in [0.15, 0.2) is 0 Å². The number of rotatable bonds is 1. The first-order chi connectivity index (χ1) is 5.75. The van der Waals surface area contributed by atoms with Crippen LogP contribution in [0.3, 0.4) is 0 Å². The highest BCUT2D eigenvalue weighted by molar-refractivity contribution is 6.34. The van der Waals surface area contributed by atoms with Crippen LogP contribution in [0.1, 0.15) is 24.8 Å². The summed E-state index contributed by atoms with van der Waals surface area (Å²) in [5, 5.41) is 1.47. The van der Waals surface area contributed by atoms with Gasteiger partial charge in [0.25, 0.3) is 0 Å². The van der Waals surface area contributed by atoms with Gasteiger partial charge in [-0.3, -0.25) is 0 Å². The fraction of sp³-hybridized carbons (Fsp3) is 0.300. The van der Waals surface area contributed by atoms with Crippen molar-refractivity contribution in [1.82, 2.24) is 0 Å². The standard InChI is InChI=1S/C10H9Cl2/c11-9-4-8(5-10(12)6-9)7-2-1-3-7/h4-6H,1-3H2. The van der Waals surface area contributed by atoms with Crippen molar-refractivity contribution in [2.75, 3.05) is 0 Å². The van der Waals surface area contributed by atoms with Gasteiger partial charge >= 0.3 is 0 Å². The lowest BCUT2D eigenvalue weighted by Gasteiger charge is -2.25. The van der Waals surface area contributed by atoms with Crippen molar-refractivity contribution in [2.24, 2.45) is 0 Å². The molecule has 1 radical (unpaired) electrons. The molecule has 0 saturated heterocycles. The van der Waals surface area contributed by atoms with Crippen LogP contribution in [0, 0.1) is 5.92 Å². The summed E-state index contributed by atoms with van der Waals surface area (Å²) in [6.07, 6.45) is 3.72. The van der Waals surface area contributed by atoms with Gasteiger partial charge in [0.2, 0.25) is 0 Å². The van der Waals surface area contributed by atoms with Gasteiger partial charge < -0.3 is 0 Å². The number of benzene rings is 1. The van der Waals surface area contributed by atoms with E-state index < -0.39 is 0 Å². The lowest BCUT2D eigenvalue weighted by atomic mass is 9.80. The summed E-state index contributed by atoms with van der Waals surface area (Å²) in [5.41, 5.74) is 1.22. The zero-order valence-electron chi connectivity index (χ0n) is 6.61. The summed E-state index contributed by atoms with van der Waals surface area (Å²) in [6.45, 7) is 0. The highest BCUT2D eigenvalue weighted by Gasteiger charge is 2.20. The first-order valence-corrected chi connectivity index (χ1v) is 4.82. The Kier molecular flexibility index (Phi) is 2.29. The second-order valence-electron chi connectivity index (χ2n) is 3.12. The molecule has 12 heavy (non-hydrogen) atoms. The van der Waals surface area contributed by atoms with Gasteiger partial charge in [0, 0.05) is 16.0 Å². The maximum absolute atomic E-state index is 5.88. The van der Waals surface area contributed by atoms with E-state index in [1.54, 1.807) is 6.07 Å². The van der Waals surface area contributed by atoms with Crippen LogP contribution in [0.25, 0.3) is 0 Å². The molecule has 0 atom stereocenters. The van der Waals surface area contributed by atoms with Crippen molar-refractivity contribution >= 4 is 23.2 Å². The minimum absolute atomic E-state index is 0.733. The molecule has 0 aliphatic heterocycles. The highest BCUT2D eigenvalue weighted by atomic mass is 35.5. The molecule has 2 rings (SSSR count). The maximum Gasteiger partial charge on any atom is 0.0423 e. The molecule has 0 nitrogen and oxygen atoms in total. The van der Waals surface area contributed by atoms with Crippen LogP contribution >= 0.6 is 23.2 Å². The Bertz CT molecular complexity index is 270. The van der Waals surface area contributed by atoms with Gasteiger partial charge in [0.1, 0.15) is 0 Å². The predicted octanol–water partition coefficient (Wildman–Crippen LogP) is 4.10. The number of hydrogen-bond donors (Lipinski definition) is 0. The first kappa shape index (κ1) is 8.40. The van der Waals surface area contributed by atoms with Gasteiger partial charge in [-0.05, 0) is 36.6 Å². The molecule has 1 saturated carbocycles. The highest BCUT2D eigenvalue weighted by Crippen LogP contribution is 2.37. The lowest BCUT2D eigenvalue weighted by Crippen LogP contribution is -2.09. The topological polar surface area (TPSA) is 0 Å². The number of halogens is 2. The van der Waals surface area contributed by atoms with Crippen LogP contribution in [-0.2, 0) is 0 Å². The Labute approximate surface area is 82.5 Å². The molecule has 63 valence electrons. The van der Waals surface area contributed by atoms with Crippen molar-refractivity contribution in [3.8, 4) is 0 Å². The normalized spacial score (nSPS) is 17.5. The Morgan fingerprint density at radius 1 is 0.917 bits per heavy atom. The zero-order chi connectivity index (χ0) is 8.55. The van der Waals surface area contributed by atoms with Crippen LogP contribution in [0.2, 0.25) is 10.0 Å². The molecule has 1 aromatic rings. The minimum atomic E-state index is 0.733. The predicted molar refractivity (Wildman–Crippen MR) is 52.7 cm³/mol. The van der Waals surface area contributed by atoms with Gasteiger partial charge in [-0.2, -0.15) is 0 Å². The molecule has 0 amide bonds. The molecule has 0 unspecified atom stereocenters. The Hall–Kier alpha value is -0.200. The number of hydrogen-bond acceptors (Lipinski definition) is 0. The van der Waals surface area contributed by atoms with Crippen LogP contribution in [0.15, 0.2) is 18.2 Å². The van der Waals surface area contributed by atoms with E-state index in [-0.39, 0.29) is 0 Å². The molecular weight excluding hydrogens is 191 g/mol. The van der Waals surface area contributed by atoms with Crippen molar-refractivity contribution < 1.29 is 0 Å². The second-order valence-corrected chi connectivity index (χ2v) is 3.99. The smallest absolute Gasteiger partial charge is 0.0423 e. The minimum Gasteiger partial charge on any atom is -0.0843 e. The third-order valence-corrected chi connectivity index (χ3v) is 2.66. The zero-order valence-corrected chi connectivity index (χ0v) is 8.12. The summed E-state index contributed by atoms with van der Waals surface area (Å²) >= 11 is 11.8. The molecule has 0 spiro atoms. The largest absolute Gasteiger partial charge is 0.0843 e. The fourth-order valence-corrected chi connectivity index (χ4v) is 1.93. The van der Waals surface area contributed by atoms with Crippen molar-refractivity contribution in [1.29, 1.82) is 0 Å². The maximum atomic E-state index is 5.88. The summed E-state index contributed by atoms with van der Waals surface area (Å²) < 4.78 is 0. The molecular formula is C10H9Cl2. The van der Waals surface area contributed by atoms with Gasteiger partial charge in [-0.1, -0.05) is 29.6 Å². The van der Waals surface area contributed by atoms with E-state index in [1.807, 2.05) is 12.1 Å². The average molecular weight is 200 g/mol. The third-order valence-electron chi connectivity index (χ3n) is 2.23. The summed E-state index contributed by atoms with van der Waals surface area (Å²) in [4.78, 5) is 0. The molecule has 1 aromatic carbocycles. The Morgan fingerprint density at radius 2 is 1.50 bits per heavy atom. The van der Waals surface area contributed by atoms with Crippen molar-refractivity contribution in [3.05, 3.63) is 39.7 Å². The van der Waals surface area contributed by atoms with Gasteiger partial charge in [-0.25, -0.2) is 0 Å². The van der Waals surface area contributed by atoms with Crippen molar-refractivity contribution in [2.45, 2.75) is 19.3 Å². The third kappa shape index (κ3) is 1.60. The molecule has 1 aliphatic carbocycles. The Balaban J connectivity index is 2.30. The van der Waals surface area contributed by atoms with E-state index in [9.17, 15) is 0 Å². The van der Waals surface area contributed by atoms with Crippen LogP contribution < -0.4 is 0 Å². The molecule has 1 aliphatic rings. The average Bonchev–Trinajstić information content (AvgIpc) is 1.79. The van der Waals surface area contributed by atoms with E-state index >= 15 is 0 Å². The summed E-state index contributed by atoms with van der Waals surface area (Å²) in [7, 11) is 0. The van der Waals surface area contributed by atoms with Crippen LogP contribution in [0.4, 0.5) is 0 Å². The van der Waals surface area contributed by atoms with E-state index in [2.05, 4.69) is 0 Å². The second kappa shape index (κ2) is 3.27.